The van der Waals surface area contributed by atoms with E-state index in [2.05, 4.69) is 5.32 Å². The van der Waals surface area contributed by atoms with E-state index >= 15 is 0 Å². The Hall–Kier alpha value is -0.610. The molecule has 0 aromatic heterocycles. The van der Waals surface area contributed by atoms with Crippen LogP contribution in [-0.4, -0.2) is 32.2 Å². The summed E-state index contributed by atoms with van der Waals surface area (Å²) >= 11 is 0. The van der Waals surface area contributed by atoms with E-state index in [9.17, 15) is 4.79 Å². The highest BCUT2D eigenvalue weighted by Gasteiger charge is 2.39. The Balaban J connectivity index is 2.08. The molecule has 4 heteroatoms. The molecule has 0 radical (unpaired) electrons. The Morgan fingerprint density at radius 1 is 1.77 bits per heavy atom. The molecule has 1 fully saturated rings. The summed E-state index contributed by atoms with van der Waals surface area (Å²) in [7, 11) is 1.66. The van der Waals surface area contributed by atoms with Crippen molar-refractivity contribution in [2.24, 2.45) is 17.6 Å². The van der Waals surface area contributed by atoms with Gasteiger partial charge in [-0.2, -0.15) is 0 Å². The van der Waals surface area contributed by atoms with E-state index in [0.717, 1.165) is 6.42 Å². The van der Waals surface area contributed by atoms with Gasteiger partial charge in [0.25, 0.3) is 0 Å². The van der Waals surface area contributed by atoms with Gasteiger partial charge in [-0.05, 0) is 12.3 Å². The predicted molar refractivity (Wildman–Crippen MR) is 50.1 cm³/mol. The summed E-state index contributed by atoms with van der Waals surface area (Å²) < 4.78 is 4.96. The number of nitrogens with two attached hydrogens (primary N) is 1. The Morgan fingerprint density at radius 3 is 2.85 bits per heavy atom. The zero-order valence-electron chi connectivity index (χ0n) is 8.25. The fraction of sp³-hybridized carbons (Fsp3) is 0.889. The van der Waals surface area contributed by atoms with Crippen LogP contribution in [0.3, 0.4) is 0 Å². The highest BCUT2D eigenvalue weighted by atomic mass is 16.5. The molecule has 13 heavy (non-hydrogen) atoms. The second-order valence-corrected chi connectivity index (χ2v) is 3.81. The molecule has 1 aliphatic rings. The molecule has 3 atom stereocenters. The normalized spacial score (nSPS) is 28.2. The second kappa shape index (κ2) is 4.58. The number of ether oxygens (including phenoxy) is 1. The van der Waals surface area contributed by atoms with E-state index in [1.807, 2.05) is 6.92 Å². The number of methoxy groups -OCH3 is 1. The molecular formula is C9H18N2O2. The number of hydrogen-bond donors (Lipinski definition) is 2. The number of nitrogens with one attached hydrogen (secondary N) is 1. The van der Waals surface area contributed by atoms with Crippen LogP contribution in [0.1, 0.15) is 13.3 Å². The van der Waals surface area contributed by atoms with Crippen molar-refractivity contribution < 1.29 is 9.53 Å². The molecule has 1 aliphatic carbocycles. The number of carbonyl (C=O) groups excluding carboxylic acids is 1. The second-order valence-electron chi connectivity index (χ2n) is 3.81. The lowest BCUT2D eigenvalue weighted by Crippen LogP contribution is -2.32. The Kier molecular flexibility index (Phi) is 3.69. The van der Waals surface area contributed by atoms with E-state index in [1.54, 1.807) is 7.11 Å². The molecule has 4 nitrogen and oxygen atoms in total. The number of hydrogen-bond acceptors (Lipinski definition) is 3. The summed E-state index contributed by atoms with van der Waals surface area (Å²) in [5.41, 5.74) is 5.55. The lowest BCUT2D eigenvalue weighted by Gasteiger charge is -2.10. The Morgan fingerprint density at radius 2 is 2.38 bits per heavy atom. The van der Waals surface area contributed by atoms with Gasteiger partial charge in [0.15, 0.2) is 0 Å². The molecule has 0 aliphatic heterocycles. The van der Waals surface area contributed by atoms with Crippen molar-refractivity contribution in [1.29, 1.82) is 0 Å². The predicted octanol–water partition coefficient (Wildman–Crippen LogP) is -0.268. The van der Waals surface area contributed by atoms with Crippen molar-refractivity contribution in [3.63, 3.8) is 0 Å². The highest BCUT2D eigenvalue weighted by molar-refractivity contribution is 5.82. The van der Waals surface area contributed by atoms with E-state index in [0.29, 0.717) is 19.1 Å². The van der Waals surface area contributed by atoms with Gasteiger partial charge in [-0.15, -0.1) is 0 Å². The van der Waals surface area contributed by atoms with Crippen molar-refractivity contribution in [1.82, 2.24) is 5.32 Å². The summed E-state index contributed by atoms with van der Waals surface area (Å²) in [4.78, 5) is 11.3. The molecule has 1 saturated carbocycles. The third kappa shape index (κ3) is 3.32. The van der Waals surface area contributed by atoms with Crippen LogP contribution in [0.15, 0.2) is 0 Å². The molecule has 0 spiro atoms. The molecule has 0 aromatic rings. The van der Waals surface area contributed by atoms with Gasteiger partial charge in [-0.1, -0.05) is 6.92 Å². The maximum absolute atomic E-state index is 11.3. The fourth-order valence-electron chi connectivity index (χ4n) is 1.27. The van der Waals surface area contributed by atoms with Gasteiger partial charge >= 0.3 is 0 Å². The first-order valence-electron chi connectivity index (χ1n) is 4.67. The average molecular weight is 186 g/mol. The molecule has 0 heterocycles. The minimum Gasteiger partial charge on any atom is -0.384 e. The van der Waals surface area contributed by atoms with Gasteiger partial charge in [-0.25, -0.2) is 0 Å². The molecule has 3 N–H and O–H groups in total. The fourth-order valence-corrected chi connectivity index (χ4v) is 1.27. The Labute approximate surface area is 78.8 Å². The SMILES string of the molecule is COCC(C)CNC(=O)C1CC1N. The zero-order valence-corrected chi connectivity index (χ0v) is 8.25. The van der Waals surface area contributed by atoms with Gasteiger partial charge in [0.1, 0.15) is 0 Å². The first-order chi connectivity index (χ1) is 6.15. The van der Waals surface area contributed by atoms with Gasteiger partial charge in [0.05, 0.1) is 12.5 Å². The van der Waals surface area contributed by atoms with Gasteiger partial charge in [0.2, 0.25) is 5.91 Å². The molecule has 0 saturated heterocycles. The van der Waals surface area contributed by atoms with Crippen LogP contribution in [-0.2, 0) is 9.53 Å². The Bertz CT molecular complexity index is 184. The quantitative estimate of drug-likeness (QED) is 0.621. The summed E-state index contributed by atoms with van der Waals surface area (Å²) in [6.45, 7) is 3.39. The van der Waals surface area contributed by atoms with E-state index in [4.69, 9.17) is 10.5 Å². The van der Waals surface area contributed by atoms with Crippen LogP contribution >= 0.6 is 0 Å². The van der Waals surface area contributed by atoms with E-state index in [1.165, 1.54) is 0 Å². The maximum Gasteiger partial charge on any atom is 0.224 e. The maximum atomic E-state index is 11.3. The summed E-state index contributed by atoms with van der Waals surface area (Å²) in [6, 6.07) is 0.0951. The molecule has 3 unspecified atom stereocenters. The van der Waals surface area contributed by atoms with Crippen molar-refractivity contribution >= 4 is 5.91 Å². The first-order valence-corrected chi connectivity index (χ1v) is 4.67. The molecule has 1 amide bonds. The summed E-state index contributed by atoms with van der Waals surface area (Å²) in [6.07, 6.45) is 0.838. The topological polar surface area (TPSA) is 64.3 Å². The monoisotopic (exact) mass is 186 g/mol. The van der Waals surface area contributed by atoms with Gasteiger partial charge in [0, 0.05) is 19.7 Å². The molecular weight excluding hydrogens is 168 g/mol. The largest absolute Gasteiger partial charge is 0.384 e. The lowest BCUT2D eigenvalue weighted by molar-refractivity contribution is -0.122. The average Bonchev–Trinajstić information content (AvgIpc) is 2.79. The summed E-state index contributed by atoms with van der Waals surface area (Å²) in [5.74, 6) is 0.522. The highest BCUT2D eigenvalue weighted by Crippen LogP contribution is 2.27. The van der Waals surface area contributed by atoms with Crippen LogP contribution in [0.25, 0.3) is 0 Å². The summed E-state index contributed by atoms with van der Waals surface area (Å²) in [5, 5.41) is 2.86. The number of carbonyl (C=O) groups is 1. The molecule has 76 valence electrons. The standard InChI is InChI=1S/C9H18N2O2/c1-6(5-13-2)4-11-9(12)7-3-8(7)10/h6-8H,3-5,10H2,1-2H3,(H,11,12). The molecule has 0 aromatic carbocycles. The number of rotatable bonds is 5. The minimum atomic E-state index is 0.0646. The minimum absolute atomic E-state index is 0.0646. The lowest BCUT2D eigenvalue weighted by atomic mass is 10.2. The van der Waals surface area contributed by atoms with Crippen molar-refractivity contribution in [3.8, 4) is 0 Å². The third-order valence-electron chi connectivity index (χ3n) is 2.25. The molecule has 1 rings (SSSR count). The van der Waals surface area contributed by atoms with E-state index in [-0.39, 0.29) is 17.9 Å². The van der Waals surface area contributed by atoms with Crippen molar-refractivity contribution in [3.05, 3.63) is 0 Å². The van der Waals surface area contributed by atoms with Gasteiger partial charge in [-0.3, -0.25) is 4.79 Å². The van der Waals surface area contributed by atoms with Crippen molar-refractivity contribution in [2.45, 2.75) is 19.4 Å². The third-order valence-corrected chi connectivity index (χ3v) is 2.25. The zero-order chi connectivity index (χ0) is 9.84. The van der Waals surface area contributed by atoms with Crippen LogP contribution in [0.5, 0.6) is 0 Å². The first kappa shape index (κ1) is 10.5. The van der Waals surface area contributed by atoms with Crippen molar-refractivity contribution in [2.75, 3.05) is 20.3 Å². The van der Waals surface area contributed by atoms with Gasteiger partial charge < -0.3 is 15.8 Å². The number of amides is 1. The smallest absolute Gasteiger partial charge is 0.224 e. The van der Waals surface area contributed by atoms with Crippen LogP contribution < -0.4 is 11.1 Å². The van der Waals surface area contributed by atoms with Crippen LogP contribution in [0.4, 0.5) is 0 Å². The van der Waals surface area contributed by atoms with Crippen LogP contribution in [0, 0.1) is 11.8 Å². The molecule has 0 bridgehead atoms. The van der Waals surface area contributed by atoms with E-state index < -0.39 is 0 Å². The van der Waals surface area contributed by atoms with Crippen LogP contribution in [0.2, 0.25) is 0 Å².